The molecule has 10 aromatic carbocycles. The number of rotatable bonds is 8. The molecule has 0 aliphatic rings. The molecule has 0 spiro atoms. The molecule has 0 radical (unpaired) electrons. The van der Waals surface area contributed by atoms with E-state index in [0.29, 0.717) is 0 Å². The highest BCUT2D eigenvalue weighted by molar-refractivity contribution is 6.14. The molecular formula is C60H40N2O. The quantitative estimate of drug-likeness (QED) is 0.153. The first kappa shape index (κ1) is 36.5. The Hall–Kier alpha value is -8.40. The highest BCUT2D eigenvalue weighted by Crippen LogP contribution is 2.45. The van der Waals surface area contributed by atoms with E-state index in [4.69, 9.17) is 4.42 Å². The Morgan fingerprint density at radius 2 is 0.825 bits per heavy atom. The van der Waals surface area contributed by atoms with Gasteiger partial charge in [-0.15, -0.1) is 0 Å². The molecule has 12 aromatic rings. The van der Waals surface area contributed by atoms with Gasteiger partial charge in [-0.3, -0.25) is 0 Å². The molecule has 0 saturated carbocycles. The van der Waals surface area contributed by atoms with Crippen LogP contribution < -0.4 is 4.90 Å². The Balaban J connectivity index is 0.922. The molecule has 296 valence electrons. The second-order valence-corrected chi connectivity index (χ2v) is 16.1. The summed E-state index contributed by atoms with van der Waals surface area (Å²) in [7, 11) is 0. The Labute approximate surface area is 366 Å². The van der Waals surface area contributed by atoms with E-state index in [1.807, 2.05) is 12.1 Å². The first-order chi connectivity index (χ1) is 31.2. The van der Waals surface area contributed by atoms with Crippen LogP contribution in [0.2, 0.25) is 0 Å². The maximum atomic E-state index is 6.37. The number of benzene rings is 10. The van der Waals surface area contributed by atoms with Gasteiger partial charge in [-0.05, 0) is 106 Å². The van der Waals surface area contributed by atoms with Crippen molar-refractivity contribution in [1.29, 1.82) is 0 Å². The maximum Gasteiger partial charge on any atom is 0.136 e. The highest BCUT2D eigenvalue weighted by atomic mass is 16.3. The molecule has 0 unspecified atom stereocenters. The predicted octanol–water partition coefficient (Wildman–Crippen LogP) is 16.8. The third-order valence-electron chi connectivity index (χ3n) is 12.4. The number of anilines is 3. The monoisotopic (exact) mass is 804 g/mol. The van der Waals surface area contributed by atoms with Crippen LogP contribution in [0.25, 0.3) is 93.9 Å². The molecule has 0 N–H and O–H groups in total. The minimum Gasteiger partial charge on any atom is -0.456 e. The average Bonchev–Trinajstić information content (AvgIpc) is 3.91. The number of aromatic nitrogens is 1. The number of hydrogen-bond acceptors (Lipinski definition) is 2. The molecule has 63 heavy (non-hydrogen) atoms. The van der Waals surface area contributed by atoms with Gasteiger partial charge in [0.2, 0.25) is 0 Å². The predicted molar refractivity (Wildman–Crippen MR) is 264 cm³/mol. The average molecular weight is 805 g/mol. The molecule has 0 aliphatic carbocycles. The number of para-hydroxylation sites is 4. The molecule has 0 atom stereocenters. The lowest BCUT2D eigenvalue weighted by Gasteiger charge is -2.28. The van der Waals surface area contributed by atoms with E-state index in [2.05, 4.69) is 240 Å². The molecule has 3 nitrogen and oxygen atoms in total. The zero-order valence-corrected chi connectivity index (χ0v) is 34.4. The smallest absolute Gasteiger partial charge is 0.136 e. The van der Waals surface area contributed by atoms with Gasteiger partial charge in [0.05, 0.1) is 16.7 Å². The van der Waals surface area contributed by atoms with Crippen LogP contribution in [0.4, 0.5) is 17.1 Å². The fourth-order valence-corrected chi connectivity index (χ4v) is 9.46. The number of furan rings is 1. The van der Waals surface area contributed by atoms with Crippen LogP contribution in [-0.2, 0) is 0 Å². The zero-order chi connectivity index (χ0) is 41.7. The van der Waals surface area contributed by atoms with Crippen molar-refractivity contribution in [3.05, 3.63) is 243 Å². The Morgan fingerprint density at radius 1 is 0.317 bits per heavy atom. The lowest BCUT2D eigenvalue weighted by Crippen LogP contribution is -2.11. The third kappa shape index (κ3) is 6.38. The van der Waals surface area contributed by atoms with Gasteiger partial charge in [-0.1, -0.05) is 176 Å². The molecule has 12 rings (SSSR count). The molecule has 0 aliphatic heterocycles. The molecule has 0 amide bonds. The third-order valence-corrected chi connectivity index (χ3v) is 12.4. The van der Waals surface area contributed by atoms with E-state index in [9.17, 15) is 0 Å². The zero-order valence-electron chi connectivity index (χ0n) is 34.4. The maximum absolute atomic E-state index is 6.37. The summed E-state index contributed by atoms with van der Waals surface area (Å²) in [6.07, 6.45) is 0. The van der Waals surface area contributed by atoms with Crippen molar-refractivity contribution in [2.45, 2.75) is 0 Å². The van der Waals surface area contributed by atoms with Crippen molar-refractivity contribution in [2.24, 2.45) is 0 Å². The van der Waals surface area contributed by atoms with Crippen molar-refractivity contribution in [1.82, 2.24) is 4.57 Å². The van der Waals surface area contributed by atoms with Gasteiger partial charge in [0.15, 0.2) is 0 Å². The Morgan fingerprint density at radius 3 is 1.57 bits per heavy atom. The van der Waals surface area contributed by atoms with Gasteiger partial charge in [-0.2, -0.15) is 0 Å². The second-order valence-electron chi connectivity index (χ2n) is 16.1. The van der Waals surface area contributed by atoms with Crippen LogP contribution in [-0.4, -0.2) is 4.57 Å². The van der Waals surface area contributed by atoms with E-state index in [-0.39, 0.29) is 0 Å². The second kappa shape index (κ2) is 15.3. The van der Waals surface area contributed by atoms with Crippen molar-refractivity contribution < 1.29 is 4.42 Å². The SMILES string of the molecule is c1ccc(-c2cccc(N(c3ccc(-c4ccc(-c5cccc(-n6c7ccccc7c7ccccc76)c5)cc4)cc3)c3ccccc3-c3cccc4oc5ccccc5c34)c2)cc1. The first-order valence-electron chi connectivity index (χ1n) is 21.5. The number of hydrogen-bond donors (Lipinski definition) is 0. The number of fused-ring (bicyclic) bond motifs is 6. The van der Waals surface area contributed by atoms with E-state index in [1.165, 1.54) is 44.1 Å². The summed E-state index contributed by atoms with van der Waals surface area (Å²) >= 11 is 0. The van der Waals surface area contributed by atoms with Crippen LogP contribution in [0.1, 0.15) is 0 Å². The molecule has 2 aromatic heterocycles. The summed E-state index contributed by atoms with van der Waals surface area (Å²) in [6, 6.07) is 87.1. The minimum absolute atomic E-state index is 0.882. The fourth-order valence-electron chi connectivity index (χ4n) is 9.46. The summed E-state index contributed by atoms with van der Waals surface area (Å²) in [4.78, 5) is 2.39. The topological polar surface area (TPSA) is 21.3 Å². The van der Waals surface area contributed by atoms with Crippen LogP contribution >= 0.6 is 0 Å². The van der Waals surface area contributed by atoms with Crippen molar-refractivity contribution in [2.75, 3.05) is 4.90 Å². The van der Waals surface area contributed by atoms with E-state index in [1.54, 1.807) is 0 Å². The standard InChI is InChI=1S/C60H40N2O/c1-2-15-41(16-3-1)45-17-12-19-48(39-45)61(55-26-8-6-23-52(55)53-25-14-30-59-60(53)54-24-7-11-29-58(54)63-59)47-37-35-43(36-38-47)42-31-33-44(34-32-42)46-18-13-20-49(40-46)62-56-27-9-4-21-50(56)51-22-5-10-28-57(51)62/h1-40H. The fraction of sp³-hybridized carbons (Fsp3) is 0. The highest BCUT2D eigenvalue weighted by Gasteiger charge is 2.21. The largest absolute Gasteiger partial charge is 0.456 e. The normalized spacial score (nSPS) is 11.5. The van der Waals surface area contributed by atoms with Gasteiger partial charge in [0.25, 0.3) is 0 Å². The van der Waals surface area contributed by atoms with Crippen LogP contribution in [0.5, 0.6) is 0 Å². The minimum atomic E-state index is 0.882. The van der Waals surface area contributed by atoms with Gasteiger partial charge >= 0.3 is 0 Å². The van der Waals surface area contributed by atoms with Crippen molar-refractivity contribution >= 4 is 60.8 Å². The van der Waals surface area contributed by atoms with Crippen LogP contribution in [0, 0.1) is 0 Å². The molecular weight excluding hydrogens is 765 g/mol. The molecule has 0 saturated heterocycles. The van der Waals surface area contributed by atoms with E-state index in [0.717, 1.165) is 66.9 Å². The molecule has 3 heteroatoms. The molecule has 0 bridgehead atoms. The summed E-state index contributed by atoms with van der Waals surface area (Å²) < 4.78 is 8.75. The Bertz CT molecular complexity index is 3560. The van der Waals surface area contributed by atoms with Crippen LogP contribution in [0.15, 0.2) is 247 Å². The first-order valence-corrected chi connectivity index (χ1v) is 21.5. The van der Waals surface area contributed by atoms with Crippen molar-refractivity contribution in [3.8, 4) is 50.2 Å². The van der Waals surface area contributed by atoms with Gasteiger partial charge in [0.1, 0.15) is 11.2 Å². The van der Waals surface area contributed by atoms with Crippen LogP contribution in [0.3, 0.4) is 0 Å². The lowest BCUT2D eigenvalue weighted by molar-refractivity contribution is 0.669. The number of nitrogens with zero attached hydrogens (tertiary/aromatic N) is 2. The van der Waals surface area contributed by atoms with Crippen molar-refractivity contribution in [3.63, 3.8) is 0 Å². The lowest BCUT2D eigenvalue weighted by atomic mass is 9.96. The summed E-state index contributed by atoms with van der Waals surface area (Å²) in [5, 5.41) is 4.77. The van der Waals surface area contributed by atoms with Gasteiger partial charge in [-0.25, -0.2) is 0 Å². The van der Waals surface area contributed by atoms with E-state index < -0.39 is 0 Å². The molecule has 2 heterocycles. The van der Waals surface area contributed by atoms with Gasteiger partial charge in [0, 0.05) is 44.2 Å². The summed E-state index contributed by atoms with van der Waals surface area (Å²) in [5.41, 5.74) is 17.9. The van der Waals surface area contributed by atoms with E-state index >= 15 is 0 Å². The van der Waals surface area contributed by atoms with Gasteiger partial charge < -0.3 is 13.9 Å². The Kier molecular flexibility index (Phi) is 8.83. The molecule has 0 fully saturated rings. The summed E-state index contributed by atoms with van der Waals surface area (Å²) in [5.74, 6) is 0. The summed E-state index contributed by atoms with van der Waals surface area (Å²) in [6.45, 7) is 0.